The average molecular weight is 343 g/mol. The van der Waals surface area contributed by atoms with Crippen molar-refractivity contribution in [3.05, 3.63) is 34.9 Å². The van der Waals surface area contributed by atoms with Crippen LogP contribution in [0.2, 0.25) is 0 Å². The van der Waals surface area contributed by atoms with Crippen LogP contribution in [0.5, 0.6) is 0 Å². The van der Waals surface area contributed by atoms with Crippen LogP contribution in [-0.2, 0) is 0 Å². The molecule has 0 aromatic carbocycles. The Morgan fingerprint density at radius 1 is 1.21 bits per heavy atom. The monoisotopic (exact) mass is 342 g/mol. The Balaban J connectivity index is 1.56. The summed E-state index contributed by atoms with van der Waals surface area (Å²) in [4.78, 5) is 0. The van der Waals surface area contributed by atoms with Gasteiger partial charge in [0.05, 0.1) is 0 Å². The van der Waals surface area contributed by atoms with Crippen molar-refractivity contribution < 1.29 is 0 Å². The molecule has 0 aromatic rings. The summed E-state index contributed by atoms with van der Waals surface area (Å²) in [5.74, 6) is 7.13. The Bertz CT molecular complexity index is 559. The summed E-state index contributed by atoms with van der Waals surface area (Å²) < 4.78 is 0. The van der Waals surface area contributed by atoms with Gasteiger partial charge in [0, 0.05) is 0 Å². The predicted octanol–water partition coefficient (Wildman–Crippen LogP) is 6.79. The minimum atomic E-state index is 0.777. The highest BCUT2D eigenvalue weighted by atomic mass is 32.2. The third-order valence-electron chi connectivity index (χ3n) is 7.22. The largest absolute Gasteiger partial charge is 0.161 e. The number of allylic oxidation sites excluding steroid dienone is 5. The highest BCUT2D eigenvalue weighted by Crippen LogP contribution is 2.52. The van der Waals surface area contributed by atoms with Crippen LogP contribution in [0.3, 0.4) is 0 Å². The normalized spacial score (nSPS) is 34.2. The van der Waals surface area contributed by atoms with Gasteiger partial charge in [-0.15, -0.1) is 0 Å². The maximum absolute atomic E-state index is 4.29. The van der Waals surface area contributed by atoms with Gasteiger partial charge < -0.3 is 0 Å². The van der Waals surface area contributed by atoms with Gasteiger partial charge in [0.15, 0.2) is 0 Å². The summed E-state index contributed by atoms with van der Waals surface area (Å²) >= 11 is 2.13. The van der Waals surface area contributed by atoms with Crippen LogP contribution in [0.1, 0.15) is 65.2 Å². The van der Waals surface area contributed by atoms with Gasteiger partial charge >= 0.3 is 0 Å². The van der Waals surface area contributed by atoms with E-state index in [0.29, 0.717) is 0 Å². The third-order valence-corrected chi connectivity index (χ3v) is 8.64. The lowest BCUT2D eigenvalue weighted by Crippen LogP contribution is -2.34. The number of thioether (sulfide) groups is 1. The standard InChI is InChI=1S/C23H34S/c1-15(2)20-9-10-21(20)23-16(3)11-17(7-8-18-13-24-14-18)12-22(23)19-5-4-6-19/h12,16,18-21H,1,4-11,13-14H2,2-3H3. The Kier molecular flexibility index (Phi) is 5.00. The molecule has 0 radical (unpaired) electrons. The van der Waals surface area contributed by atoms with Crippen LogP contribution >= 0.6 is 11.8 Å². The van der Waals surface area contributed by atoms with Gasteiger partial charge in [0.25, 0.3) is 0 Å². The predicted molar refractivity (Wildman–Crippen MR) is 107 cm³/mol. The fourth-order valence-corrected chi connectivity index (χ4v) is 6.18. The van der Waals surface area contributed by atoms with Gasteiger partial charge in [0.2, 0.25) is 0 Å². The molecule has 2 saturated carbocycles. The number of hydrogen-bond donors (Lipinski definition) is 0. The molecule has 132 valence electrons. The summed E-state index contributed by atoms with van der Waals surface area (Å²) in [6.07, 6.45) is 14.0. The highest BCUT2D eigenvalue weighted by Gasteiger charge is 2.40. The van der Waals surface area contributed by atoms with E-state index in [1.807, 2.05) is 5.57 Å². The van der Waals surface area contributed by atoms with E-state index in [1.54, 1.807) is 11.1 Å². The van der Waals surface area contributed by atoms with E-state index in [-0.39, 0.29) is 0 Å². The van der Waals surface area contributed by atoms with Crippen molar-refractivity contribution in [3.8, 4) is 0 Å². The molecule has 0 bridgehead atoms. The zero-order chi connectivity index (χ0) is 16.7. The SMILES string of the molecule is C=C(C)C1CCC1C1=C(C2CCC2)C=C(CCC2CSC2)CC1C. The Morgan fingerprint density at radius 3 is 2.50 bits per heavy atom. The Hall–Kier alpha value is -0.430. The van der Waals surface area contributed by atoms with Crippen LogP contribution < -0.4 is 0 Å². The second-order valence-corrected chi connectivity index (χ2v) is 10.1. The second-order valence-electron chi connectivity index (χ2n) is 9.03. The van der Waals surface area contributed by atoms with Gasteiger partial charge in [-0.1, -0.05) is 42.7 Å². The fourth-order valence-electron chi connectivity index (χ4n) is 5.28. The minimum Gasteiger partial charge on any atom is -0.161 e. The van der Waals surface area contributed by atoms with Gasteiger partial charge in [-0.3, -0.25) is 0 Å². The van der Waals surface area contributed by atoms with Crippen molar-refractivity contribution in [2.24, 2.45) is 29.6 Å². The van der Waals surface area contributed by atoms with Crippen molar-refractivity contribution in [3.63, 3.8) is 0 Å². The highest BCUT2D eigenvalue weighted by molar-refractivity contribution is 8.00. The van der Waals surface area contributed by atoms with E-state index in [1.165, 1.54) is 68.4 Å². The molecule has 0 N–H and O–H groups in total. The van der Waals surface area contributed by atoms with Gasteiger partial charge in [-0.05, 0) is 98.5 Å². The maximum atomic E-state index is 4.29. The molecule has 4 rings (SSSR count). The molecule has 0 spiro atoms. The van der Waals surface area contributed by atoms with Gasteiger partial charge in [-0.25, -0.2) is 0 Å². The lowest BCUT2D eigenvalue weighted by Gasteiger charge is -2.45. The first-order chi connectivity index (χ1) is 11.6. The molecule has 3 atom stereocenters. The van der Waals surface area contributed by atoms with E-state index >= 15 is 0 Å². The number of hydrogen-bond acceptors (Lipinski definition) is 1. The first-order valence-electron chi connectivity index (χ1n) is 10.3. The first-order valence-corrected chi connectivity index (χ1v) is 11.5. The summed E-state index contributed by atoms with van der Waals surface area (Å²) in [5, 5.41) is 0. The van der Waals surface area contributed by atoms with Crippen molar-refractivity contribution in [2.45, 2.75) is 65.2 Å². The topological polar surface area (TPSA) is 0 Å². The van der Waals surface area contributed by atoms with Crippen LogP contribution in [0.4, 0.5) is 0 Å². The molecule has 1 heterocycles. The second kappa shape index (κ2) is 7.06. The van der Waals surface area contributed by atoms with E-state index in [4.69, 9.17) is 0 Å². The smallest absolute Gasteiger partial charge is 0.00310 e. The first kappa shape index (κ1) is 17.0. The molecular weight excluding hydrogens is 308 g/mol. The molecule has 3 unspecified atom stereocenters. The zero-order valence-corrected chi connectivity index (χ0v) is 16.5. The molecule has 0 amide bonds. The van der Waals surface area contributed by atoms with Gasteiger partial charge in [0.1, 0.15) is 0 Å². The van der Waals surface area contributed by atoms with E-state index in [0.717, 1.165) is 29.6 Å². The third kappa shape index (κ3) is 3.18. The van der Waals surface area contributed by atoms with E-state index < -0.39 is 0 Å². The Labute approximate surface area is 153 Å². The molecule has 1 aliphatic heterocycles. The summed E-state index contributed by atoms with van der Waals surface area (Å²) in [6.45, 7) is 9.07. The quantitative estimate of drug-likeness (QED) is 0.479. The zero-order valence-electron chi connectivity index (χ0n) is 15.7. The van der Waals surface area contributed by atoms with Crippen LogP contribution in [0, 0.1) is 29.6 Å². The van der Waals surface area contributed by atoms with Crippen molar-refractivity contribution in [2.75, 3.05) is 11.5 Å². The lowest BCUT2D eigenvalue weighted by molar-refractivity contribution is 0.230. The van der Waals surface area contributed by atoms with E-state index in [2.05, 4.69) is 38.3 Å². The fraction of sp³-hybridized carbons (Fsp3) is 0.739. The van der Waals surface area contributed by atoms with E-state index in [9.17, 15) is 0 Å². The Morgan fingerprint density at radius 2 is 2.00 bits per heavy atom. The van der Waals surface area contributed by atoms with Crippen molar-refractivity contribution in [1.29, 1.82) is 0 Å². The molecule has 1 saturated heterocycles. The van der Waals surface area contributed by atoms with Gasteiger partial charge in [-0.2, -0.15) is 11.8 Å². The summed E-state index contributed by atoms with van der Waals surface area (Å²) in [5.41, 5.74) is 6.86. The summed E-state index contributed by atoms with van der Waals surface area (Å²) in [6, 6.07) is 0. The molecule has 1 heteroatoms. The molecule has 4 aliphatic rings. The minimum absolute atomic E-state index is 0.777. The molecule has 3 aliphatic carbocycles. The summed E-state index contributed by atoms with van der Waals surface area (Å²) in [7, 11) is 0. The van der Waals surface area contributed by atoms with Crippen molar-refractivity contribution >= 4 is 11.8 Å². The molecule has 24 heavy (non-hydrogen) atoms. The van der Waals surface area contributed by atoms with Crippen LogP contribution in [0.15, 0.2) is 34.9 Å². The van der Waals surface area contributed by atoms with Crippen LogP contribution in [-0.4, -0.2) is 11.5 Å². The lowest BCUT2D eigenvalue weighted by atomic mass is 9.59. The number of rotatable bonds is 6. The average Bonchev–Trinajstić information content (AvgIpc) is 2.36. The molecule has 3 fully saturated rings. The molecular formula is C23H34S. The maximum Gasteiger partial charge on any atom is -0.00310 e. The molecule has 0 nitrogen and oxygen atoms in total. The van der Waals surface area contributed by atoms with Crippen molar-refractivity contribution in [1.82, 2.24) is 0 Å². The molecule has 0 aromatic heterocycles. The van der Waals surface area contributed by atoms with Crippen LogP contribution in [0.25, 0.3) is 0 Å².